The van der Waals surface area contributed by atoms with Crippen LogP contribution in [-0.2, 0) is 20.7 Å². The average molecular weight is 360 g/mol. The Balaban J connectivity index is 2.26. The highest BCUT2D eigenvalue weighted by Gasteiger charge is 2.26. The van der Waals surface area contributed by atoms with E-state index in [0.29, 0.717) is 11.1 Å². The highest BCUT2D eigenvalue weighted by atomic mass is 16.6. The van der Waals surface area contributed by atoms with Crippen molar-refractivity contribution in [1.82, 2.24) is 5.32 Å². The molecule has 0 unspecified atom stereocenters. The number of esters is 1. The predicted molar refractivity (Wildman–Crippen MR) is 96.5 cm³/mol. The van der Waals surface area contributed by atoms with Crippen LogP contribution in [0.15, 0.2) is 30.5 Å². The van der Waals surface area contributed by atoms with E-state index in [1.54, 1.807) is 26.8 Å². The fourth-order valence-electron chi connectivity index (χ4n) is 2.58. The molecule has 1 N–H and O–H groups in total. The normalized spacial score (nSPS) is 12.5. The summed E-state index contributed by atoms with van der Waals surface area (Å²) in [6, 6.07) is 6.36. The summed E-state index contributed by atoms with van der Waals surface area (Å²) in [5.41, 5.74) is 1.47. The number of carbonyl (C=O) groups excluding carboxylic acids is 2. The zero-order chi connectivity index (χ0) is 19.5. The smallest absolute Gasteiger partial charge is 0.408 e. The molecule has 2 rings (SSSR count). The predicted octanol–water partition coefficient (Wildman–Crippen LogP) is 2.39. The molecular weight excluding hydrogens is 336 g/mol. The lowest BCUT2D eigenvalue weighted by molar-refractivity contribution is -0.577. The zero-order valence-corrected chi connectivity index (χ0v) is 15.7. The standard InChI is InChI=1S/C19H24N2O5/c1-12-6-7-16-14(8-12)9-13(11-21(16)24)10-15(17(22)25-5)20-18(23)26-19(2,3)4/h6-9,11,15H,10H2,1-5H3,(H,20,23)/t15-/m0/s1. The molecule has 0 saturated heterocycles. The van der Waals surface area contributed by atoms with Crippen LogP contribution < -0.4 is 10.0 Å². The molecule has 0 spiro atoms. The Kier molecular flexibility index (Phi) is 5.69. The second-order valence-electron chi connectivity index (χ2n) is 7.16. The van der Waals surface area contributed by atoms with E-state index in [1.807, 2.05) is 25.1 Å². The van der Waals surface area contributed by atoms with Gasteiger partial charge in [0.1, 0.15) is 11.6 Å². The van der Waals surface area contributed by atoms with Crippen molar-refractivity contribution in [3.05, 3.63) is 46.8 Å². The van der Waals surface area contributed by atoms with Gasteiger partial charge in [0, 0.05) is 23.4 Å². The minimum absolute atomic E-state index is 0.109. The molecule has 0 aliphatic rings. The second-order valence-corrected chi connectivity index (χ2v) is 7.16. The van der Waals surface area contributed by atoms with Crippen molar-refractivity contribution in [3.8, 4) is 0 Å². The molecule has 0 aliphatic carbocycles. The highest BCUT2D eigenvalue weighted by molar-refractivity contribution is 5.82. The number of ether oxygens (including phenoxy) is 2. The Labute approximate surface area is 152 Å². The van der Waals surface area contributed by atoms with Crippen molar-refractivity contribution >= 4 is 23.0 Å². The summed E-state index contributed by atoms with van der Waals surface area (Å²) in [4.78, 5) is 24.0. The van der Waals surface area contributed by atoms with Crippen LogP contribution in [0.4, 0.5) is 4.79 Å². The number of rotatable bonds is 4. The molecule has 1 heterocycles. The number of nitrogens with one attached hydrogen (secondary N) is 1. The summed E-state index contributed by atoms with van der Waals surface area (Å²) >= 11 is 0. The summed E-state index contributed by atoms with van der Waals surface area (Å²) in [6.45, 7) is 7.12. The molecule has 2 aromatic rings. The van der Waals surface area contributed by atoms with Crippen molar-refractivity contribution in [1.29, 1.82) is 0 Å². The van der Waals surface area contributed by atoms with E-state index in [9.17, 15) is 14.8 Å². The maximum atomic E-state index is 12.2. The van der Waals surface area contributed by atoms with Gasteiger partial charge in [0.25, 0.3) is 0 Å². The summed E-state index contributed by atoms with van der Waals surface area (Å²) in [7, 11) is 1.24. The lowest BCUT2D eigenvalue weighted by atomic mass is 10.0. The molecule has 0 radical (unpaired) electrons. The van der Waals surface area contributed by atoms with Crippen molar-refractivity contribution in [2.45, 2.75) is 45.8 Å². The van der Waals surface area contributed by atoms with Gasteiger partial charge < -0.3 is 20.0 Å². The SMILES string of the molecule is COC(=O)[C@H](Cc1cc2cc(C)ccc2[n+]([O-])c1)NC(=O)OC(C)(C)C. The molecule has 1 aromatic carbocycles. The second kappa shape index (κ2) is 7.59. The Morgan fingerprint density at radius 2 is 1.96 bits per heavy atom. The third-order valence-electron chi connectivity index (χ3n) is 3.66. The first kappa shape index (κ1) is 19.5. The number of aromatic nitrogens is 1. The number of amides is 1. The van der Waals surface area contributed by atoms with Crippen LogP contribution in [0.25, 0.3) is 10.9 Å². The third-order valence-corrected chi connectivity index (χ3v) is 3.66. The molecule has 0 aliphatic heterocycles. The van der Waals surface area contributed by atoms with E-state index in [2.05, 4.69) is 5.32 Å². The van der Waals surface area contributed by atoms with Crippen LogP contribution in [0, 0.1) is 12.1 Å². The van der Waals surface area contributed by atoms with E-state index in [4.69, 9.17) is 9.47 Å². The first-order valence-corrected chi connectivity index (χ1v) is 8.29. The van der Waals surface area contributed by atoms with Crippen LogP contribution >= 0.6 is 0 Å². The van der Waals surface area contributed by atoms with Gasteiger partial charge >= 0.3 is 12.1 Å². The van der Waals surface area contributed by atoms with E-state index < -0.39 is 23.7 Å². The van der Waals surface area contributed by atoms with Crippen LogP contribution in [0.2, 0.25) is 0 Å². The number of hydrogen-bond acceptors (Lipinski definition) is 5. The van der Waals surface area contributed by atoms with Gasteiger partial charge in [0.05, 0.1) is 7.11 Å². The molecule has 26 heavy (non-hydrogen) atoms. The van der Waals surface area contributed by atoms with Crippen molar-refractivity contribution < 1.29 is 23.8 Å². The van der Waals surface area contributed by atoms with Crippen LogP contribution in [0.1, 0.15) is 31.9 Å². The van der Waals surface area contributed by atoms with E-state index in [-0.39, 0.29) is 6.42 Å². The molecule has 7 nitrogen and oxygen atoms in total. The number of methoxy groups -OCH3 is 1. The quantitative estimate of drug-likeness (QED) is 0.513. The molecular formula is C19H24N2O5. The zero-order valence-electron chi connectivity index (χ0n) is 15.7. The molecule has 1 atom stereocenters. The monoisotopic (exact) mass is 360 g/mol. The van der Waals surface area contributed by atoms with Gasteiger partial charge in [0.2, 0.25) is 5.52 Å². The largest absolute Gasteiger partial charge is 0.618 e. The number of aryl methyl sites for hydroxylation is 1. The lowest BCUT2D eigenvalue weighted by Crippen LogP contribution is -2.45. The van der Waals surface area contributed by atoms with Crippen molar-refractivity contribution in [2.24, 2.45) is 0 Å². The molecule has 0 saturated carbocycles. The van der Waals surface area contributed by atoms with Gasteiger partial charge in [-0.15, -0.1) is 0 Å². The third kappa shape index (κ3) is 5.08. The minimum Gasteiger partial charge on any atom is -0.618 e. The van der Waals surface area contributed by atoms with Gasteiger partial charge in [0.15, 0.2) is 6.20 Å². The summed E-state index contributed by atoms with van der Waals surface area (Å²) < 4.78 is 10.7. The Morgan fingerprint density at radius 1 is 1.27 bits per heavy atom. The molecule has 0 bridgehead atoms. The number of carbonyl (C=O) groups is 2. The maximum Gasteiger partial charge on any atom is 0.408 e. The Morgan fingerprint density at radius 3 is 2.58 bits per heavy atom. The van der Waals surface area contributed by atoms with Gasteiger partial charge in [-0.05, 0) is 39.8 Å². The molecule has 140 valence electrons. The fourth-order valence-corrected chi connectivity index (χ4v) is 2.58. The first-order valence-electron chi connectivity index (χ1n) is 8.29. The van der Waals surface area contributed by atoms with Crippen LogP contribution in [-0.4, -0.2) is 30.8 Å². The van der Waals surface area contributed by atoms with E-state index in [0.717, 1.165) is 15.7 Å². The van der Waals surface area contributed by atoms with E-state index >= 15 is 0 Å². The molecule has 1 aromatic heterocycles. The topological polar surface area (TPSA) is 91.6 Å². The van der Waals surface area contributed by atoms with Crippen LogP contribution in [0.3, 0.4) is 0 Å². The Bertz CT molecular complexity index is 827. The number of pyridine rings is 1. The number of nitrogens with zero attached hydrogens (tertiary/aromatic N) is 1. The van der Waals surface area contributed by atoms with Gasteiger partial charge in [-0.1, -0.05) is 11.6 Å². The molecule has 0 fully saturated rings. The van der Waals surface area contributed by atoms with Gasteiger partial charge in [-0.25, -0.2) is 9.59 Å². The fraction of sp³-hybridized carbons (Fsp3) is 0.421. The summed E-state index contributed by atoms with van der Waals surface area (Å²) in [5.74, 6) is -0.613. The number of hydrogen-bond donors (Lipinski definition) is 1. The Hall–Kier alpha value is -2.83. The van der Waals surface area contributed by atoms with Gasteiger partial charge in [-0.3, -0.25) is 0 Å². The molecule has 7 heteroatoms. The first-order chi connectivity index (χ1) is 12.1. The van der Waals surface area contributed by atoms with Crippen molar-refractivity contribution in [3.63, 3.8) is 0 Å². The van der Waals surface area contributed by atoms with Gasteiger partial charge in [-0.2, -0.15) is 4.73 Å². The lowest BCUT2D eigenvalue weighted by Gasteiger charge is -2.22. The maximum absolute atomic E-state index is 12.2. The van der Waals surface area contributed by atoms with E-state index in [1.165, 1.54) is 13.3 Å². The summed E-state index contributed by atoms with van der Waals surface area (Å²) in [6.07, 6.45) is 0.780. The number of alkyl carbamates (subject to hydrolysis) is 1. The molecule has 1 amide bonds. The highest BCUT2D eigenvalue weighted by Crippen LogP contribution is 2.16. The minimum atomic E-state index is -0.961. The number of fused-ring (bicyclic) bond motifs is 1. The number of benzene rings is 1. The van der Waals surface area contributed by atoms with Crippen molar-refractivity contribution in [2.75, 3.05) is 7.11 Å². The van der Waals surface area contributed by atoms with Crippen LogP contribution in [0.5, 0.6) is 0 Å². The summed E-state index contributed by atoms with van der Waals surface area (Å²) in [5, 5.41) is 15.5. The average Bonchev–Trinajstić information content (AvgIpc) is 2.51.